The summed E-state index contributed by atoms with van der Waals surface area (Å²) in [5.41, 5.74) is 0.568. The van der Waals surface area contributed by atoms with Crippen molar-refractivity contribution >= 4 is 10.8 Å². The fourth-order valence-electron chi connectivity index (χ4n) is 2.25. The van der Waals surface area contributed by atoms with Gasteiger partial charge < -0.3 is 15.2 Å². The molecule has 2 atom stereocenters. The van der Waals surface area contributed by atoms with Crippen LogP contribution in [0.1, 0.15) is 38.8 Å². The first-order chi connectivity index (χ1) is 9.95. The Hall–Kier alpha value is -1.58. The SMILES string of the molecule is CCC(C)(O)CNC(C)c1ccc2cc(OC)ccc2c1. The molecular weight excluding hydrogens is 262 g/mol. The van der Waals surface area contributed by atoms with Gasteiger partial charge in [0, 0.05) is 12.6 Å². The number of rotatable bonds is 6. The highest BCUT2D eigenvalue weighted by molar-refractivity contribution is 5.84. The van der Waals surface area contributed by atoms with E-state index in [2.05, 4.69) is 36.5 Å². The van der Waals surface area contributed by atoms with E-state index in [1.54, 1.807) is 7.11 Å². The topological polar surface area (TPSA) is 41.5 Å². The van der Waals surface area contributed by atoms with Crippen molar-refractivity contribution in [3.05, 3.63) is 42.0 Å². The summed E-state index contributed by atoms with van der Waals surface area (Å²) >= 11 is 0. The van der Waals surface area contributed by atoms with E-state index in [1.807, 2.05) is 26.0 Å². The van der Waals surface area contributed by atoms with Crippen molar-refractivity contribution in [1.29, 1.82) is 0 Å². The third-order valence-corrected chi connectivity index (χ3v) is 4.12. The Labute approximate surface area is 126 Å². The van der Waals surface area contributed by atoms with Crippen molar-refractivity contribution in [2.45, 2.75) is 38.8 Å². The Morgan fingerprint density at radius 1 is 1.19 bits per heavy atom. The molecule has 2 unspecified atom stereocenters. The van der Waals surface area contributed by atoms with Gasteiger partial charge in [0.1, 0.15) is 5.75 Å². The minimum Gasteiger partial charge on any atom is -0.497 e. The van der Waals surface area contributed by atoms with Crippen molar-refractivity contribution in [3.63, 3.8) is 0 Å². The Morgan fingerprint density at radius 2 is 1.86 bits per heavy atom. The number of aliphatic hydroxyl groups is 1. The van der Waals surface area contributed by atoms with E-state index in [4.69, 9.17) is 4.74 Å². The maximum absolute atomic E-state index is 10.1. The molecule has 0 heterocycles. The van der Waals surface area contributed by atoms with Crippen LogP contribution in [0.25, 0.3) is 10.8 Å². The van der Waals surface area contributed by atoms with Gasteiger partial charge in [0.2, 0.25) is 0 Å². The molecule has 0 spiro atoms. The summed E-state index contributed by atoms with van der Waals surface area (Å²) < 4.78 is 5.25. The molecule has 0 aromatic heterocycles. The number of hydrogen-bond donors (Lipinski definition) is 2. The van der Waals surface area contributed by atoms with Crippen LogP contribution in [-0.4, -0.2) is 24.4 Å². The second-order valence-electron chi connectivity index (χ2n) is 5.93. The summed E-state index contributed by atoms with van der Waals surface area (Å²) in [6.07, 6.45) is 0.740. The van der Waals surface area contributed by atoms with Crippen LogP contribution in [0.15, 0.2) is 36.4 Å². The highest BCUT2D eigenvalue weighted by Crippen LogP contribution is 2.24. The molecule has 2 N–H and O–H groups in total. The molecule has 0 fully saturated rings. The largest absolute Gasteiger partial charge is 0.497 e. The lowest BCUT2D eigenvalue weighted by molar-refractivity contribution is 0.0534. The number of benzene rings is 2. The Morgan fingerprint density at radius 3 is 2.52 bits per heavy atom. The summed E-state index contributed by atoms with van der Waals surface area (Å²) in [6.45, 7) is 6.57. The maximum atomic E-state index is 10.1. The van der Waals surface area contributed by atoms with E-state index >= 15 is 0 Å². The molecule has 0 aliphatic carbocycles. The Kier molecular flexibility index (Phi) is 4.86. The van der Waals surface area contributed by atoms with Crippen LogP contribution in [-0.2, 0) is 0 Å². The number of ether oxygens (including phenoxy) is 1. The molecule has 0 aliphatic rings. The third-order valence-electron chi connectivity index (χ3n) is 4.12. The lowest BCUT2D eigenvalue weighted by Gasteiger charge is -2.25. The number of nitrogens with one attached hydrogen (secondary N) is 1. The fraction of sp³-hybridized carbons (Fsp3) is 0.444. The van der Waals surface area contributed by atoms with E-state index in [9.17, 15) is 5.11 Å². The Balaban J connectivity index is 2.15. The van der Waals surface area contributed by atoms with Crippen molar-refractivity contribution < 1.29 is 9.84 Å². The van der Waals surface area contributed by atoms with E-state index < -0.39 is 5.60 Å². The van der Waals surface area contributed by atoms with Gasteiger partial charge in [-0.25, -0.2) is 0 Å². The van der Waals surface area contributed by atoms with Gasteiger partial charge in [-0.1, -0.05) is 25.1 Å². The zero-order valence-electron chi connectivity index (χ0n) is 13.3. The quantitative estimate of drug-likeness (QED) is 0.852. The van der Waals surface area contributed by atoms with Gasteiger partial charge in [0.15, 0.2) is 0 Å². The van der Waals surface area contributed by atoms with E-state index in [-0.39, 0.29) is 6.04 Å². The second kappa shape index (κ2) is 6.46. The smallest absolute Gasteiger partial charge is 0.119 e. The number of hydrogen-bond acceptors (Lipinski definition) is 3. The monoisotopic (exact) mass is 287 g/mol. The first-order valence-corrected chi connectivity index (χ1v) is 7.48. The molecule has 0 aliphatic heterocycles. The zero-order valence-corrected chi connectivity index (χ0v) is 13.3. The molecule has 3 nitrogen and oxygen atoms in total. The van der Waals surface area contributed by atoms with Crippen LogP contribution in [0.3, 0.4) is 0 Å². The van der Waals surface area contributed by atoms with Gasteiger partial charge in [0.25, 0.3) is 0 Å². The highest BCUT2D eigenvalue weighted by atomic mass is 16.5. The number of methoxy groups -OCH3 is 1. The molecule has 2 aromatic rings. The molecule has 2 rings (SSSR count). The van der Waals surface area contributed by atoms with Gasteiger partial charge >= 0.3 is 0 Å². The lowest BCUT2D eigenvalue weighted by atomic mass is 10.0. The van der Waals surface area contributed by atoms with Gasteiger partial charge in [-0.05, 0) is 54.8 Å². The van der Waals surface area contributed by atoms with Crippen molar-refractivity contribution in [3.8, 4) is 5.75 Å². The molecule has 0 saturated carbocycles. The summed E-state index contributed by atoms with van der Waals surface area (Å²) in [5.74, 6) is 0.875. The predicted molar refractivity (Wildman–Crippen MR) is 87.8 cm³/mol. The Bertz CT molecular complexity index is 607. The number of fused-ring (bicyclic) bond motifs is 1. The summed E-state index contributed by atoms with van der Waals surface area (Å²) in [7, 11) is 1.68. The van der Waals surface area contributed by atoms with Crippen LogP contribution in [0, 0.1) is 0 Å². The molecule has 0 saturated heterocycles. The van der Waals surface area contributed by atoms with E-state index in [0.717, 1.165) is 12.2 Å². The van der Waals surface area contributed by atoms with Crippen LogP contribution in [0.2, 0.25) is 0 Å². The van der Waals surface area contributed by atoms with Crippen LogP contribution in [0.5, 0.6) is 5.75 Å². The van der Waals surface area contributed by atoms with Gasteiger partial charge in [0.05, 0.1) is 12.7 Å². The van der Waals surface area contributed by atoms with Gasteiger partial charge in [-0.15, -0.1) is 0 Å². The summed E-state index contributed by atoms with van der Waals surface area (Å²) in [5, 5.41) is 15.8. The van der Waals surface area contributed by atoms with Crippen LogP contribution in [0.4, 0.5) is 0 Å². The minimum absolute atomic E-state index is 0.203. The third kappa shape index (κ3) is 3.96. The lowest BCUT2D eigenvalue weighted by Crippen LogP contribution is -2.38. The van der Waals surface area contributed by atoms with E-state index in [0.29, 0.717) is 6.54 Å². The van der Waals surface area contributed by atoms with E-state index in [1.165, 1.54) is 16.3 Å². The fourth-order valence-corrected chi connectivity index (χ4v) is 2.25. The minimum atomic E-state index is -0.654. The van der Waals surface area contributed by atoms with Crippen LogP contribution >= 0.6 is 0 Å². The van der Waals surface area contributed by atoms with Crippen LogP contribution < -0.4 is 10.1 Å². The average Bonchev–Trinajstić information content (AvgIpc) is 2.51. The molecule has 21 heavy (non-hydrogen) atoms. The molecule has 3 heteroatoms. The molecule has 0 bridgehead atoms. The van der Waals surface area contributed by atoms with Gasteiger partial charge in [-0.2, -0.15) is 0 Å². The molecule has 0 radical (unpaired) electrons. The average molecular weight is 287 g/mol. The summed E-state index contributed by atoms with van der Waals surface area (Å²) in [6, 6.07) is 12.7. The molecule has 0 amide bonds. The summed E-state index contributed by atoms with van der Waals surface area (Å²) in [4.78, 5) is 0. The van der Waals surface area contributed by atoms with Crippen molar-refractivity contribution in [2.75, 3.05) is 13.7 Å². The molecular formula is C18H25NO2. The molecule has 114 valence electrons. The first-order valence-electron chi connectivity index (χ1n) is 7.48. The zero-order chi connectivity index (χ0) is 15.5. The first kappa shape index (κ1) is 15.8. The highest BCUT2D eigenvalue weighted by Gasteiger charge is 2.18. The normalized spacial score (nSPS) is 15.7. The standard InChI is InChI=1S/C18H25NO2/c1-5-18(3,20)12-19-13(2)14-6-7-16-11-17(21-4)9-8-15(16)10-14/h6-11,13,19-20H,5,12H2,1-4H3. The molecule has 2 aromatic carbocycles. The van der Waals surface area contributed by atoms with Gasteiger partial charge in [-0.3, -0.25) is 0 Å². The van der Waals surface area contributed by atoms with Crippen molar-refractivity contribution in [2.24, 2.45) is 0 Å². The second-order valence-corrected chi connectivity index (χ2v) is 5.93. The maximum Gasteiger partial charge on any atom is 0.119 e. The van der Waals surface area contributed by atoms with Crippen molar-refractivity contribution in [1.82, 2.24) is 5.32 Å². The predicted octanol–water partition coefficient (Wildman–Crippen LogP) is 3.66.